The predicted molar refractivity (Wildman–Crippen MR) is 136 cm³/mol. The van der Waals surface area contributed by atoms with Gasteiger partial charge in [-0.1, -0.05) is 84.6 Å². The van der Waals surface area contributed by atoms with Crippen molar-refractivity contribution in [3.05, 3.63) is 106 Å². The maximum Gasteiger partial charge on any atom is 0.325 e. The van der Waals surface area contributed by atoms with Crippen molar-refractivity contribution >= 4 is 34.5 Å². The summed E-state index contributed by atoms with van der Waals surface area (Å²) in [6, 6.07) is 26.5. The molecule has 35 heavy (non-hydrogen) atoms. The standard InChI is InChI=1S/C27H25N3O4S/c1-34-25(32)17-30-26(33)21-14-8-9-15-22(21)29-27(30)35-18-24(31)28-23(20-12-6-3-7-13-20)16-19-10-4-2-5-11-19/h2-15,23H,16-18H2,1H3,(H,28,31). The number of aromatic nitrogens is 2. The van der Waals surface area contributed by atoms with Crippen molar-refractivity contribution in [1.82, 2.24) is 14.9 Å². The van der Waals surface area contributed by atoms with Crippen LogP contribution in [0.15, 0.2) is 94.9 Å². The van der Waals surface area contributed by atoms with E-state index >= 15 is 0 Å². The lowest BCUT2D eigenvalue weighted by Crippen LogP contribution is -2.32. The fourth-order valence-electron chi connectivity index (χ4n) is 3.74. The molecule has 0 saturated carbocycles. The third-order valence-electron chi connectivity index (χ3n) is 5.49. The topological polar surface area (TPSA) is 90.3 Å². The number of benzene rings is 3. The van der Waals surface area contributed by atoms with Gasteiger partial charge in [0.2, 0.25) is 5.91 Å². The number of ether oxygens (including phenoxy) is 1. The molecular formula is C27H25N3O4S. The van der Waals surface area contributed by atoms with Crippen molar-refractivity contribution < 1.29 is 14.3 Å². The summed E-state index contributed by atoms with van der Waals surface area (Å²) in [6.45, 7) is -0.280. The molecule has 0 aliphatic heterocycles. The minimum atomic E-state index is -0.567. The van der Waals surface area contributed by atoms with Gasteiger partial charge in [-0.25, -0.2) is 4.98 Å². The van der Waals surface area contributed by atoms with Crippen LogP contribution in [0.2, 0.25) is 0 Å². The largest absolute Gasteiger partial charge is 0.468 e. The van der Waals surface area contributed by atoms with Crippen LogP contribution in [-0.2, 0) is 27.3 Å². The van der Waals surface area contributed by atoms with Gasteiger partial charge in [-0.05, 0) is 29.7 Å². The summed E-state index contributed by atoms with van der Waals surface area (Å²) >= 11 is 1.11. The minimum absolute atomic E-state index is 0.0318. The van der Waals surface area contributed by atoms with E-state index in [0.29, 0.717) is 17.3 Å². The Hall–Kier alpha value is -3.91. The average Bonchev–Trinajstić information content (AvgIpc) is 2.90. The van der Waals surface area contributed by atoms with Crippen LogP contribution in [0.25, 0.3) is 10.9 Å². The highest BCUT2D eigenvalue weighted by molar-refractivity contribution is 7.99. The van der Waals surface area contributed by atoms with E-state index in [4.69, 9.17) is 4.74 Å². The number of hydrogen-bond acceptors (Lipinski definition) is 6. The fraction of sp³-hybridized carbons (Fsp3) is 0.185. The molecule has 0 saturated heterocycles. The van der Waals surface area contributed by atoms with E-state index in [-0.39, 0.29) is 35.0 Å². The molecule has 178 valence electrons. The highest BCUT2D eigenvalue weighted by Gasteiger charge is 2.19. The number of nitrogens with zero attached hydrogens (tertiary/aromatic N) is 2. The van der Waals surface area contributed by atoms with E-state index in [9.17, 15) is 14.4 Å². The van der Waals surface area contributed by atoms with Gasteiger partial charge in [0, 0.05) is 0 Å². The van der Waals surface area contributed by atoms with E-state index in [0.717, 1.165) is 22.9 Å². The van der Waals surface area contributed by atoms with Crippen LogP contribution in [0.1, 0.15) is 17.2 Å². The van der Waals surface area contributed by atoms with Gasteiger partial charge >= 0.3 is 5.97 Å². The van der Waals surface area contributed by atoms with Crippen molar-refractivity contribution in [2.75, 3.05) is 12.9 Å². The van der Waals surface area contributed by atoms with Gasteiger partial charge in [0.25, 0.3) is 5.56 Å². The quantitative estimate of drug-likeness (QED) is 0.220. The molecule has 0 aliphatic carbocycles. The summed E-state index contributed by atoms with van der Waals surface area (Å²) in [6.07, 6.45) is 0.641. The molecule has 0 spiro atoms. The molecule has 0 radical (unpaired) electrons. The van der Waals surface area contributed by atoms with Crippen molar-refractivity contribution in [1.29, 1.82) is 0 Å². The van der Waals surface area contributed by atoms with Crippen LogP contribution < -0.4 is 10.9 Å². The summed E-state index contributed by atoms with van der Waals surface area (Å²) in [5.41, 5.74) is 2.27. The van der Waals surface area contributed by atoms with Crippen LogP contribution in [0, 0.1) is 0 Å². The van der Waals surface area contributed by atoms with E-state index in [1.165, 1.54) is 11.7 Å². The van der Waals surface area contributed by atoms with Gasteiger partial charge in [-0.2, -0.15) is 0 Å². The number of fused-ring (bicyclic) bond motifs is 1. The van der Waals surface area contributed by atoms with Crippen LogP contribution in [0.4, 0.5) is 0 Å². The number of nitrogens with one attached hydrogen (secondary N) is 1. The molecule has 1 atom stereocenters. The number of amides is 1. The molecular weight excluding hydrogens is 462 g/mol. The van der Waals surface area contributed by atoms with Gasteiger partial charge in [-0.15, -0.1) is 0 Å². The highest BCUT2D eigenvalue weighted by atomic mass is 32.2. The lowest BCUT2D eigenvalue weighted by atomic mass is 9.99. The van der Waals surface area contributed by atoms with E-state index in [2.05, 4.69) is 10.3 Å². The molecule has 1 unspecified atom stereocenters. The Morgan fingerprint density at radius 3 is 2.34 bits per heavy atom. The van der Waals surface area contributed by atoms with Crippen molar-refractivity contribution in [2.45, 2.75) is 24.2 Å². The van der Waals surface area contributed by atoms with Gasteiger partial charge in [0.05, 0.1) is 29.8 Å². The first-order valence-corrected chi connectivity index (χ1v) is 12.1. The van der Waals surface area contributed by atoms with Gasteiger partial charge in [0.15, 0.2) is 5.16 Å². The van der Waals surface area contributed by atoms with Crippen LogP contribution in [-0.4, -0.2) is 34.3 Å². The molecule has 0 bridgehead atoms. The van der Waals surface area contributed by atoms with Crippen LogP contribution in [0.5, 0.6) is 0 Å². The Labute approximate surface area is 207 Å². The lowest BCUT2D eigenvalue weighted by Gasteiger charge is -2.20. The van der Waals surface area contributed by atoms with Gasteiger partial charge in [0.1, 0.15) is 6.54 Å². The Morgan fingerprint density at radius 1 is 0.971 bits per heavy atom. The minimum Gasteiger partial charge on any atom is -0.468 e. The first-order valence-electron chi connectivity index (χ1n) is 11.1. The highest BCUT2D eigenvalue weighted by Crippen LogP contribution is 2.21. The summed E-state index contributed by atoms with van der Waals surface area (Å²) in [5.74, 6) is -0.737. The first kappa shape index (κ1) is 24.2. The predicted octanol–water partition coefficient (Wildman–Crippen LogP) is 3.76. The summed E-state index contributed by atoms with van der Waals surface area (Å²) in [5, 5.41) is 3.79. The second-order valence-electron chi connectivity index (χ2n) is 7.89. The number of para-hydroxylation sites is 1. The molecule has 4 rings (SSSR count). The molecule has 3 aromatic carbocycles. The summed E-state index contributed by atoms with van der Waals surface area (Å²) in [4.78, 5) is 42.5. The Morgan fingerprint density at radius 2 is 1.63 bits per heavy atom. The molecule has 0 fully saturated rings. The Balaban J connectivity index is 1.54. The zero-order chi connectivity index (χ0) is 24.6. The third kappa shape index (κ3) is 6.16. The molecule has 1 amide bonds. The zero-order valence-electron chi connectivity index (χ0n) is 19.2. The number of methoxy groups -OCH3 is 1. The second-order valence-corrected chi connectivity index (χ2v) is 8.83. The molecule has 1 aromatic heterocycles. The fourth-order valence-corrected chi connectivity index (χ4v) is 4.55. The lowest BCUT2D eigenvalue weighted by molar-refractivity contribution is -0.141. The SMILES string of the molecule is COC(=O)Cn1c(SCC(=O)NC(Cc2ccccc2)c2ccccc2)nc2ccccc2c1=O. The van der Waals surface area contributed by atoms with Crippen LogP contribution >= 0.6 is 11.8 Å². The van der Waals surface area contributed by atoms with Crippen molar-refractivity contribution in [3.8, 4) is 0 Å². The maximum absolute atomic E-state index is 13.0. The Kier molecular flexibility index (Phi) is 7.95. The second kappa shape index (κ2) is 11.5. The first-order chi connectivity index (χ1) is 17.0. The average molecular weight is 488 g/mol. The number of thioether (sulfide) groups is 1. The number of carbonyl (C=O) groups excluding carboxylic acids is 2. The summed E-state index contributed by atoms with van der Waals surface area (Å²) in [7, 11) is 1.26. The van der Waals surface area contributed by atoms with Gasteiger partial charge in [-0.3, -0.25) is 19.0 Å². The number of esters is 1. The molecule has 1 N–H and O–H groups in total. The maximum atomic E-state index is 13.0. The zero-order valence-corrected chi connectivity index (χ0v) is 20.0. The molecule has 0 aliphatic rings. The molecule has 1 heterocycles. The molecule has 4 aromatic rings. The monoisotopic (exact) mass is 487 g/mol. The van der Waals surface area contributed by atoms with E-state index in [1.807, 2.05) is 60.7 Å². The number of rotatable bonds is 9. The van der Waals surface area contributed by atoms with Crippen molar-refractivity contribution in [2.24, 2.45) is 0 Å². The van der Waals surface area contributed by atoms with E-state index in [1.54, 1.807) is 24.3 Å². The molecule has 7 nitrogen and oxygen atoms in total. The molecule has 8 heteroatoms. The van der Waals surface area contributed by atoms with Crippen LogP contribution in [0.3, 0.4) is 0 Å². The van der Waals surface area contributed by atoms with Crippen molar-refractivity contribution in [3.63, 3.8) is 0 Å². The summed E-state index contributed by atoms with van der Waals surface area (Å²) < 4.78 is 6.00. The smallest absolute Gasteiger partial charge is 0.325 e. The third-order valence-corrected chi connectivity index (χ3v) is 6.47. The number of hydrogen-bond donors (Lipinski definition) is 1. The Bertz CT molecular complexity index is 1370. The van der Waals surface area contributed by atoms with Gasteiger partial charge < -0.3 is 10.1 Å². The number of carbonyl (C=O) groups is 2. The van der Waals surface area contributed by atoms with E-state index < -0.39 is 5.97 Å². The normalized spacial score (nSPS) is 11.7.